The fourth-order valence-electron chi connectivity index (χ4n) is 1.76. The summed E-state index contributed by atoms with van der Waals surface area (Å²) in [7, 11) is 0. The lowest BCUT2D eigenvalue weighted by molar-refractivity contribution is -0.142. The van der Waals surface area contributed by atoms with E-state index in [9.17, 15) is 29.1 Å². The molecule has 0 saturated heterocycles. The molecule has 0 aromatic carbocycles. The third-order valence-corrected chi connectivity index (χ3v) is 3.78. The number of carbonyl (C=O) groups excluding carboxylic acids is 4. The molecule has 0 rings (SSSR count). The summed E-state index contributed by atoms with van der Waals surface area (Å²) in [4.78, 5) is 57.9. The quantitative estimate of drug-likeness (QED) is 0.149. The van der Waals surface area contributed by atoms with Crippen LogP contribution in [0.25, 0.3) is 0 Å². The van der Waals surface area contributed by atoms with E-state index >= 15 is 0 Å². The van der Waals surface area contributed by atoms with Gasteiger partial charge in [-0.25, -0.2) is 0 Å². The number of nitrogens with one attached hydrogen (secondary N) is 3. The normalized spacial score (nSPS) is 15.0. The molecule has 13 heteroatoms. The van der Waals surface area contributed by atoms with Crippen LogP contribution >= 0.6 is 12.6 Å². The highest BCUT2D eigenvalue weighted by atomic mass is 32.1. The Hall–Kier alpha value is -2.38. The lowest BCUT2D eigenvalue weighted by atomic mass is 10.1. The average molecular weight is 407 g/mol. The Bertz CT molecular complexity index is 574. The minimum atomic E-state index is -1.41. The minimum Gasteiger partial charge on any atom is -0.480 e. The molecule has 0 aliphatic rings. The summed E-state index contributed by atoms with van der Waals surface area (Å²) >= 11 is 3.84. The van der Waals surface area contributed by atoms with Crippen LogP contribution in [0.15, 0.2) is 0 Å². The van der Waals surface area contributed by atoms with Gasteiger partial charge in [-0.2, -0.15) is 12.6 Å². The van der Waals surface area contributed by atoms with Crippen LogP contribution in [-0.4, -0.2) is 76.3 Å². The van der Waals surface area contributed by atoms with Gasteiger partial charge in [-0.05, 0) is 13.3 Å². The second kappa shape index (κ2) is 12.1. The van der Waals surface area contributed by atoms with Gasteiger partial charge in [0.05, 0.1) is 12.6 Å². The van der Waals surface area contributed by atoms with Crippen LogP contribution in [0.4, 0.5) is 0 Å². The number of hydrogen-bond donors (Lipinski definition) is 8. The van der Waals surface area contributed by atoms with Gasteiger partial charge in [-0.3, -0.25) is 24.0 Å². The number of carboxylic acid groups (broad SMARTS) is 1. The second-order valence-corrected chi connectivity index (χ2v) is 6.03. The lowest BCUT2D eigenvalue weighted by Crippen LogP contribution is -2.58. The zero-order chi connectivity index (χ0) is 21.1. The van der Waals surface area contributed by atoms with Crippen molar-refractivity contribution in [1.29, 1.82) is 0 Å². The number of primary amides is 1. The molecule has 9 N–H and O–H groups in total. The first-order chi connectivity index (χ1) is 12.5. The smallest absolute Gasteiger partial charge is 0.325 e. The van der Waals surface area contributed by atoms with Crippen molar-refractivity contribution in [3.8, 4) is 0 Å². The molecular weight excluding hydrogens is 382 g/mol. The zero-order valence-electron chi connectivity index (χ0n) is 14.7. The van der Waals surface area contributed by atoms with Crippen molar-refractivity contribution < 1.29 is 34.2 Å². The predicted molar refractivity (Wildman–Crippen MR) is 96.4 cm³/mol. The number of nitrogens with two attached hydrogens (primary N) is 2. The fraction of sp³-hybridized carbons (Fsp3) is 0.643. The molecule has 0 saturated carbocycles. The molecule has 0 spiro atoms. The van der Waals surface area contributed by atoms with E-state index in [1.165, 1.54) is 6.92 Å². The number of thiol groups is 1. The van der Waals surface area contributed by atoms with Crippen LogP contribution in [0.3, 0.4) is 0 Å². The molecule has 0 aliphatic carbocycles. The molecule has 0 aliphatic heterocycles. The van der Waals surface area contributed by atoms with E-state index in [4.69, 9.17) is 16.6 Å². The molecule has 0 radical (unpaired) electrons. The third kappa shape index (κ3) is 9.21. The molecule has 27 heavy (non-hydrogen) atoms. The van der Waals surface area contributed by atoms with Gasteiger partial charge in [0.1, 0.15) is 18.1 Å². The van der Waals surface area contributed by atoms with Gasteiger partial charge in [0.25, 0.3) is 0 Å². The van der Waals surface area contributed by atoms with Crippen LogP contribution in [0.1, 0.15) is 19.8 Å². The van der Waals surface area contributed by atoms with Gasteiger partial charge >= 0.3 is 5.97 Å². The monoisotopic (exact) mass is 407 g/mol. The molecule has 0 aromatic heterocycles. The van der Waals surface area contributed by atoms with Crippen molar-refractivity contribution in [3.05, 3.63) is 0 Å². The maximum Gasteiger partial charge on any atom is 0.325 e. The Morgan fingerprint density at radius 3 is 1.96 bits per heavy atom. The number of aliphatic hydroxyl groups excluding tert-OH is 1. The Balaban J connectivity index is 5.12. The van der Waals surface area contributed by atoms with Crippen molar-refractivity contribution in [2.24, 2.45) is 11.5 Å². The number of amides is 4. The van der Waals surface area contributed by atoms with Crippen molar-refractivity contribution >= 4 is 42.2 Å². The van der Waals surface area contributed by atoms with E-state index in [0.29, 0.717) is 0 Å². The lowest BCUT2D eigenvalue weighted by Gasteiger charge is -2.23. The Morgan fingerprint density at radius 2 is 1.52 bits per heavy atom. The van der Waals surface area contributed by atoms with Crippen LogP contribution in [-0.2, 0) is 24.0 Å². The first kappa shape index (κ1) is 24.6. The summed E-state index contributed by atoms with van der Waals surface area (Å²) in [5.41, 5.74) is 10.5. The molecular formula is C14H25N5O7S. The molecule has 154 valence electrons. The van der Waals surface area contributed by atoms with E-state index in [1.807, 2.05) is 0 Å². The Kier molecular flexibility index (Phi) is 11.0. The summed E-state index contributed by atoms with van der Waals surface area (Å²) in [6.07, 6.45) is -0.470. The standard InChI is InChI=1S/C14H25N5O7S/c1-6(14(25)26)17-12(23)8(2-3-10(16)21)18-13(24)9(4-20)19-11(22)7(15)5-27/h6-9,20,27H,2-5,15H2,1H3,(H2,16,21)(H,17,23)(H,18,24)(H,19,22)(H,25,26). The summed E-state index contributed by atoms with van der Waals surface area (Å²) in [6.45, 7) is 0.426. The first-order valence-corrected chi connectivity index (χ1v) is 8.56. The molecule has 0 heterocycles. The molecule has 4 atom stereocenters. The molecule has 12 nitrogen and oxygen atoms in total. The minimum absolute atomic E-state index is 0.00230. The van der Waals surface area contributed by atoms with Gasteiger partial charge in [0, 0.05) is 12.2 Å². The summed E-state index contributed by atoms with van der Waals surface area (Å²) in [5, 5.41) is 24.7. The number of aliphatic carboxylic acids is 1. The highest BCUT2D eigenvalue weighted by Crippen LogP contribution is 2.00. The largest absolute Gasteiger partial charge is 0.480 e. The Morgan fingerprint density at radius 1 is 1.00 bits per heavy atom. The maximum absolute atomic E-state index is 12.2. The highest BCUT2D eigenvalue weighted by Gasteiger charge is 2.29. The van der Waals surface area contributed by atoms with Crippen molar-refractivity contribution in [2.45, 2.75) is 43.9 Å². The number of aliphatic hydroxyl groups is 1. The Labute approximate surface area is 160 Å². The number of hydrogen-bond acceptors (Lipinski definition) is 8. The molecule has 0 bridgehead atoms. The fourth-order valence-corrected chi connectivity index (χ4v) is 1.93. The number of rotatable bonds is 12. The SMILES string of the molecule is CC(NC(=O)C(CCC(N)=O)NC(=O)C(CO)NC(=O)C(N)CS)C(=O)O. The van der Waals surface area contributed by atoms with Crippen molar-refractivity contribution in [2.75, 3.05) is 12.4 Å². The van der Waals surface area contributed by atoms with E-state index in [-0.39, 0.29) is 18.6 Å². The third-order valence-electron chi connectivity index (χ3n) is 3.39. The van der Waals surface area contributed by atoms with Gasteiger partial charge in [-0.15, -0.1) is 0 Å². The number of carbonyl (C=O) groups is 5. The molecule has 4 unspecified atom stereocenters. The molecule has 0 aromatic rings. The van der Waals surface area contributed by atoms with Crippen LogP contribution in [0, 0.1) is 0 Å². The average Bonchev–Trinajstić information content (AvgIpc) is 2.61. The van der Waals surface area contributed by atoms with E-state index in [2.05, 4.69) is 28.6 Å². The summed E-state index contributed by atoms with van der Waals surface area (Å²) in [6, 6.07) is -4.98. The highest BCUT2D eigenvalue weighted by molar-refractivity contribution is 7.80. The zero-order valence-corrected chi connectivity index (χ0v) is 15.6. The van der Waals surface area contributed by atoms with E-state index in [0.717, 1.165) is 0 Å². The van der Waals surface area contributed by atoms with Crippen molar-refractivity contribution in [3.63, 3.8) is 0 Å². The summed E-state index contributed by atoms with van der Waals surface area (Å²) in [5.74, 6) is -4.57. The second-order valence-electron chi connectivity index (χ2n) is 5.67. The van der Waals surface area contributed by atoms with Crippen LogP contribution in [0.2, 0.25) is 0 Å². The van der Waals surface area contributed by atoms with Gasteiger partial charge < -0.3 is 37.6 Å². The van der Waals surface area contributed by atoms with Crippen LogP contribution < -0.4 is 27.4 Å². The first-order valence-electron chi connectivity index (χ1n) is 7.93. The van der Waals surface area contributed by atoms with Crippen molar-refractivity contribution in [1.82, 2.24) is 16.0 Å². The van der Waals surface area contributed by atoms with Gasteiger partial charge in [-0.1, -0.05) is 0 Å². The van der Waals surface area contributed by atoms with E-state index in [1.54, 1.807) is 0 Å². The topological polar surface area (TPSA) is 214 Å². The number of carboxylic acids is 1. The molecule has 4 amide bonds. The predicted octanol–water partition coefficient (Wildman–Crippen LogP) is -3.94. The van der Waals surface area contributed by atoms with Crippen LogP contribution in [0.5, 0.6) is 0 Å². The molecule has 0 fully saturated rings. The maximum atomic E-state index is 12.2. The van der Waals surface area contributed by atoms with Gasteiger partial charge in [0.2, 0.25) is 23.6 Å². The van der Waals surface area contributed by atoms with E-state index < -0.39 is 60.4 Å². The summed E-state index contributed by atoms with van der Waals surface area (Å²) < 4.78 is 0. The van der Waals surface area contributed by atoms with Gasteiger partial charge in [0.15, 0.2) is 0 Å².